The molecule has 0 heterocycles. The maximum Gasteiger partial charge on any atom is 0.416 e. The monoisotopic (exact) mass is 347 g/mol. The molecule has 0 saturated heterocycles. The van der Waals surface area contributed by atoms with Crippen molar-refractivity contribution < 1.29 is 18.3 Å². The Morgan fingerprint density at radius 1 is 1.05 bits per heavy atom. The zero-order valence-electron chi connectivity index (χ0n) is 11.2. The number of aliphatic hydroxyl groups excluding tert-OH is 1. The Morgan fingerprint density at radius 3 is 2.23 bits per heavy atom. The van der Waals surface area contributed by atoms with E-state index in [1.54, 1.807) is 42.5 Å². The van der Waals surface area contributed by atoms with Gasteiger partial charge in [0, 0.05) is 14.8 Å². The summed E-state index contributed by atoms with van der Waals surface area (Å²) in [6, 6.07) is 11.8. The van der Waals surface area contributed by atoms with Gasteiger partial charge in [-0.05, 0) is 35.9 Å². The van der Waals surface area contributed by atoms with Gasteiger partial charge in [0.25, 0.3) is 0 Å². The number of halogens is 4. The van der Waals surface area contributed by atoms with Crippen molar-refractivity contribution in [3.63, 3.8) is 0 Å². The van der Waals surface area contributed by atoms with E-state index in [-0.39, 0.29) is 5.56 Å². The molecule has 0 bridgehead atoms. The van der Waals surface area contributed by atoms with E-state index < -0.39 is 18.3 Å². The highest BCUT2D eigenvalue weighted by atomic mass is 35.5. The minimum atomic E-state index is -4.77. The predicted molar refractivity (Wildman–Crippen MR) is 81.0 cm³/mol. The minimum Gasteiger partial charge on any atom is -0.382 e. The molecule has 3 N–H and O–H groups in total. The first-order valence-electron chi connectivity index (χ1n) is 6.32. The van der Waals surface area contributed by atoms with Crippen molar-refractivity contribution in [2.75, 3.05) is 0 Å². The average molecular weight is 348 g/mol. The standard InChI is InChI=1S/C15H13ClF3NOS/c16-9-5-7-10(8-6-9)22-12-4-2-1-3-11(12)13(20)14(21)15(17,18)19/h1-8,13-14,21H,20H2/t13-,14-/m0/s1. The third kappa shape index (κ3) is 4.16. The molecular formula is C15H13ClF3NOS. The van der Waals surface area contributed by atoms with Crippen LogP contribution in [0.2, 0.25) is 5.02 Å². The van der Waals surface area contributed by atoms with E-state index >= 15 is 0 Å². The van der Waals surface area contributed by atoms with Crippen LogP contribution in [0.25, 0.3) is 0 Å². The van der Waals surface area contributed by atoms with E-state index in [0.29, 0.717) is 9.92 Å². The van der Waals surface area contributed by atoms with Crippen molar-refractivity contribution in [2.45, 2.75) is 28.1 Å². The number of benzene rings is 2. The lowest BCUT2D eigenvalue weighted by Crippen LogP contribution is -2.39. The van der Waals surface area contributed by atoms with Gasteiger partial charge in [-0.25, -0.2) is 0 Å². The van der Waals surface area contributed by atoms with Crippen LogP contribution < -0.4 is 5.73 Å². The van der Waals surface area contributed by atoms with E-state index in [9.17, 15) is 18.3 Å². The van der Waals surface area contributed by atoms with E-state index in [1.807, 2.05) is 0 Å². The van der Waals surface area contributed by atoms with Crippen molar-refractivity contribution in [1.29, 1.82) is 0 Å². The highest BCUT2D eigenvalue weighted by Crippen LogP contribution is 2.36. The summed E-state index contributed by atoms with van der Waals surface area (Å²) in [5, 5.41) is 9.93. The number of hydrogen-bond donors (Lipinski definition) is 2. The van der Waals surface area contributed by atoms with E-state index in [2.05, 4.69) is 0 Å². The van der Waals surface area contributed by atoms with Crippen LogP contribution in [0.3, 0.4) is 0 Å². The van der Waals surface area contributed by atoms with Crippen LogP contribution in [0.15, 0.2) is 58.3 Å². The molecule has 0 aliphatic carbocycles. The summed E-state index contributed by atoms with van der Waals surface area (Å²) in [7, 11) is 0. The molecule has 0 radical (unpaired) electrons. The number of nitrogens with two attached hydrogens (primary N) is 1. The molecule has 2 aromatic rings. The van der Waals surface area contributed by atoms with E-state index in [1.165, 1.54) is 17.8 Å². The highest BCUT2D eigenvalue weighted by Gasteiger charge is 2.43. The van der Waals surface area contributed by atoms with Crippen molar-refractivity contribution in [2.24, 2.45) is 5.73 Å². The van der Waals surface area contributed by atoms with Gasteiger partial charge < -0.3 is 10.8 Å². The van der Waals surface area contributed by atoms with Crippen LogP contribution in [0.5, 0.6) is 0 Å². The molecule has 2 aromatic carbocycles. The topological polar surface area (TPSA) is 46.2 Å². The molecule has 0 spiro atoms. The van der Waals surface area contributed by atoms with Crippen molar-refractivity contribution in [3.8, 4) is 0 Å². The van der Waals surface area contributed by atoms with Gasteiger partial charge in [-0.3, -0.25) is 0 Å². The van der Waals surface area contributed by atoms with Gasteiger partial charge in [-0.1, -0.05) is 41.6 Å². The second-order valence-electron chi connectivity index (χ2n) is 4.61. The van der Waals surface area contributed by atoms with Gasteiger partial charge in [0.1, 0.15) is 0 Å². The largest absolute Gasteiger partial charge is 0.416 e. The summed E-state index contributed by atoms with van der Waals surface area (Å²) in [5.41, 5.74) is 5.84. The minimum absolute atomic E-state index is 0.243. The van der Waals surface area contributed by atoms with E-state index in [0.717, 1.165) is 4.90 Å². The van der Waals surface area contributed by atoms with Gasteiger partial charge in [-0.15, -0.1) is 0 Å². The molecule has 2 rings (SSSR count). The zero-order valence-corrected chi connectivity index (χ0v) is 12.8. The number of alkyl halides is 3. The molecule has 0 aliphatic rings. The van der Waals surface area contributed by atoms with Gasteiger partial charge in [0.15, 0.2) is 6.10 Å². The Bertz CT molecular complexity index is 633. The third-order valence-electron chi connectivity index (χ3n) is 3.00. The molecule has 118 valence electrons. The molecule has 0 saturated carbocycles. The summed E-state index contributed by atoms with van der Waals surface area (Å²) in [4.78, 5) is 1.37. The Kier molecular flexibility index (Phi) is 5.39. The van der Waals surface area contributed by atoms with Crippen molar-refractivity contribution in [1.82, 2.24) is 0 Å². The summed E-state index contributed by atoms with van der Waals surface area (Å²) < 4.78 is 37.9. The summed E-state index contributed by atoms with van der Waals surface area (Å²) >= 11 is 7.06. The molecule has 2 atom stereocenters. The molecule has 7 heteroatoms. The third-order valence-corrected chi connectivity index (χ3v) is 4.35. The molecule has 0 aliphatic heterocycles. The smallest absolute Gasteiger partial charge is 0.382 e. The van der Waals surface area contributed by atoms with Crippen LogP contribution >= 0.6 is 23.4 Å². The van der Waals surface area contributed by atoms with Crippen molar-refractivity contribution in [3.05, 3.63) is 59.1 Å². The van der Waals surface area contributed by atoms with Crippen LogP contribution in [0.4, 0.5) is 13.2 Å². The van der Waals surface area contributed by atoms with Crippen LogP contribution in [0, 0.1) is 0 Å². The number of aliphatic hydroxyl groups is 1. The number of rotatable bonds is 4. The average Bonchev–Trinajstić information content (AvgIpc) is 2.48. The first-order chi connectivity index (χ1) is 10.3. The number of hydrogen-bond acceptors (Lipinski definition) is 3. The van der Waals surface area contributed by atoms with Gasteiger partial charge in [0.2, 0.25) is 0 Å². The predicted octanol–water partition coefficient (Wildman–Crippen LogP) is 4.41. The second kappa shape index (κ2) is 6.91. The Morgan fingerprint density at radius 2 is 1.64 bits per heavy atom. The van der Waals surface area contributed by atoms with Crippen LogP contribution in [-0.4, -0.2) is 17.4 Å². The fourth-order valence-corrected chi connectivity index (χ4v) is 2.97. The molecule has 0 amide bonds. The molecule has 0 fully saturated rings. The summed E-state index contributed by atoms with van der Waals surface area (Å²) in [6.45, 7) is 0. The Balaban J connectivity index is 2.28. The molecule has 0 aromatic heterocycles. The Hall–Kier alpha value is -1.21. The second-order valence-corrected chi connectivity index (χ2v) is 6.16. The SMILES string of the molecule is N[C@@H](c1ccccc1Sc1ccc(Cl)cc1)[C@H](O)C(F)(F)F. The molecule has 0 unspecified atom stereocenters. The summed E-state index contributed by atoms with van der Waals surface area (Å²) in [6.07, 6.45) is -7.38. The van der Waals surface area contributed by atoms with Crippen molar-refractivity contribution >= 4 is 23.4 Å². The first kappa shape index (κ1) is 17.1. The lowest BCUT2D eigenvalue weighted by molar-refractivity contribution is -0.210. The zero-order chi connectivity index (χ0) is 16.3. The first-order valence-corrected chi connectivity index (χ1v) is 7.51. The lowest BCUT2D eigenvalue weighted by atomic mass is 10.0. The quantitative estimate of drug-likeness (QED) is 0.861. The fraction of sp³-hybridized carbons (Fsp3) is 0.200. The van der Waals surface area contributed by atoms with Crippen LogP contribution in [-0.2, 0) is 0 Å². The van der Waals surface area contributed by atoms with Crippen LogP contribution in [0.1, 0.15) is 11.6 Å². The normalized spacial score (nSPS) is 14.6. The van der Waals surface area contributed by atoms with Gasteiger partial charge in [-0.2, -0.15) is 13.2 Å². The Labute approximate surface area is 135 Å². The molecule has 22 heavy (non-hydrogen) atoms. The maximum atomic E-state index is 12.6. The van der Waals surface area contributed by atoms with Gasteiger partial charge in [0.05, 0.1) is 6.04 Å². The lowest BCUT2D eigenvalue weighted by Gasteiger charge is -2.23. The molecule has 2 nitrogen and oxygen atoms in total. The summed E-state index contributed by atoms with van der Waals surface area (Å²) in [5.74, 6) is 0. The fourth-order valence-electron chi connectivity index (χ4n) is 1.85. The highest BCUT2D eigenvalue weighted by molar-refractivity contribution is 7.99. The van der Waals surface area contributed by atoms with E-state index in [4.69, 9.17) is 17.3 Å². The molecular weight excluding hydrogens is 335 g/mol. The maximum absolute atomic E-state index is 12.6. The van der Waals surface area contributed by atoms with Gasteiger partial charge >= 0.3 is 6.18 Å².